The number of amides is 1. The van der Waals surface area contributed by atoms with E-state index in [2.05, 4.69) is 41.9 Å². The summed E-state index contributed by atoms with van der Waals surface area (Å²) < 4.78 is 7.81. The number of benzene rings is 2. The third kappa shape index (κ3) is 4.50. The number of carbonyl (C=O) groups is 1. The number of aryl methyl sites for hydroxylation is 2. The highest BCUT2D eigenvalue weighted by atomic mass is 79.9. The van der Waals surface area contributed by atoms with E-state index >= 15 is 0 Å². The number of ether oxygens (including phenoxy) is 1. The minimum absolute atomic E-state index is 0.194. The van der Waals surface area contributed by atoms with Gasteiger partial charge in [-0.2, -0.15) is 9.61 Å². The zero-order chi connectivity index (χ0) is 22.8. The molecule has 0 radical (unpaired) electrons. The number of methoxy groups -OCH3 is 1. The predicted octanol–water partition coefficient (Wildman–Crippen LogP) is 4.62. The van der Waals surface area contributed by atoms with E-state index < -0.39 is 0 Å². The normalized spacial score (nSPS) is 10.9. The van der Waals surface area contributed by atoms with Gasteiger partial charge in [-0.15, -0.1) is 10.2 Å². The molecule has 0 aliphatic rings. The summed E-state index contributed by atoms with van der Waals surface area (Å²) >= 11 is 10.2. The molecule has 0 saturated carbocycles. The molecule has 0 fully saturated rings. The summed E-state index contributed by atoms with van der Waals surface area (Å²) in [5.74, 6) is 0.937. The Hall–Kier alpha value is -2.89. The number of nitrogens with zero attached hydrogens (tertiary/aromatic N) is 4. The van der Waals surface area contributed by atoms with Crippen LogP contribution in [0.15, 0.2) is 40.9 Å². The maximum absolute atomic E-state index is 12.7. The van der Waals surface area contributed by atoms with E-state index in [-0.39, 0.29) is 11.0 Å². The number of thiocarbonyl (C=S) groups is 1. The standard InChI is InChI=1S/C21H19BrN6O2S2/c1-4-17-25-26-21-28(17)27-19(32-21)12-5-7-15(11(2)9-12)23-20(31)24-18(29)14-10-13(22)6-8-16(14)30-3/h5-10H,4H2,1-3H3,(H2,23,24,29,31). The first-order chi connectivity index (χ1) is 15.4. The lowest BCUT2D eigenvalue weighted by Crippen LogP contribution is -2.34. The highest BCUT2D eigenvalue weighted by Crippen LogP contribution is 2.29. The fourth-order valence-electron chi connectivity index (χ4n) is 3.11. The summed E-state index contributed by atoms with van der Waals surface area (Å²) in [7, 11) is 1.51. The summed E-state index contributed by atoms with van der Waals surface area (Å²) in [6, 6.07) is 11.1. The number of aromatic nitrogens is 4. The molecule has 2 aromatic carbocycles. The second-order valence-electron chi connectivity index (χ2n) is 6.85. The number of anilines is 1. The highest BCUT2D eigenvalue weighted by Gasteiger charge is 2.16. The fraction of sp³-hybridized carbons (Fsp3) is 0.190. The Bertz CT molecular complexity index is 1330. The molecule has 2 N–H and O–H groups in total. The third-order valence-corrected chi connectivity index (χ3v) is 6.37. The number of hydrogen-bond acceptors (Lipinski definition) is 7. The molecule has 2 heterocycles. The van der Waals surface area contributed by atoms with Gasteiger partial charge in [0.2, 0.25) is 4.96 Å². The monoisotopic (exact) mass is 530 g/mol. The second kappa shape index (κ2) is 9.31. The van der Waals surface area contributed by atoms with Gasteiger partial charge in [0.15, 0.2) is 10.9 Å². The van der Waals surface area contributed by atoms with Crippen LogP contribution in [0.1, 0.15) is 28.7 Å². The number of halogens is 1. The van der Waals surface area contributed by atoms with E-state index in [9.17, 15) is 4.79 Å². The Morgan fingerprint density at radius 2 is 2.06 bits per heavy atom. The molecule has 32 heavy (non-hydrogen) atoms. The molecule has 4 rings (SSSR count). The van der Waals surface area contributed by atoms with Crippen LogP contribution in [0.5, 0.6) is 5.75 Å². The van der Waals surface area contributed by atoms with Gasteiger partial charge in [0.05, 0.1) is 12.7 Å². The van der Waals surface area contributed by atoms with Crippen LogP contribution in [0.3, 0.4) is 0 Å². The maximum Gasteiger partial charge on any atom is 0.261 e. The van der Waals surface area contributed by atoms with Crippen LogP contribution in [-0.2, 0) is 6.42 Å². The Balaban J connectivity index is 1.48. The quantitative estimate of drug-likeness (QED) is 0.363. The Morgan fingerprint density at radius 3 is 2.78 bits per heavy atom. The number of fused-ring (bicyclic) bond motifs is 1. The van der Waals surface area contributed by atoms with E-state index in [1.165, 1.54) is 18.4 Å². The number of hydrogen-bond donors (Lipinski definition) is 2. The first-order valence-corrected chi connectivity index (χ1v) is 11.7. The topological polar surface area (TPSA) is 93.4 Å². The molecule has 11 heteroatoms. The summed E-state index contributed by atoms with van der Waals surface area (Å²) in [5.41, 5.74) is 3.10. The zero-order valence-electron chi connectivity index (χ0n) is 17.5. The first-order valence-electron chi connectivity index (χ1n) is 9.67. The Labute approximate surface area is 202 Å². The molecule has 0 saturated heterocycles. The van der Waals surface area contributed by atoms with Crippen LogP contribution >= 0.6 is 39.5 Å². The van der Waals surface area contributed by atoms with Gasteiger partial charge in [0, 0.05) is 22.1 Å². The molecule has 2 aromatic heterocycles. The van der Waals surface area contributed by atoms with Crippen molar-refractivity contribution in [3.8, 4) is 16.3 Å². The van der Waals surface area contributed by atoms with Crippen molar-refractivity contribution in [3.05, 3.63) is 57.8 Å². The van der Waals surface area contributed by atoms with E-state index in [0.717, 1.165) is 43.5 Å². The van der Waals surface area contributed by atoms with Gasteiger partial charge < -0.3 is 10.1 Å². The molecular formula is C21H19BrN6O2S2. The second-order valence-corrected chi connectivity index (χ2v) is 9.13. The van der Waals surface area contributed by atoms with Crippen LogP contribution in [0.25, 0.3) is 15.5 Å². The summed E-state index contributed by atoms with van der Waals surface area (Å²) in [6.07, 6.45) is 0.765. The number of nitrogens with one attached hydrogen (secondary N) is 2. The van der Waals surface area contributed by atoms with Gasteiger partial charge in [0.1, 0.15) is 10.8 Å². The van der Waals surface area contributed by atoms with Crippen molar-refractivity contribution >= 4 is 61.2 Å². The zero-order valence-corrected chi connectivity index (χ0v) is 20.7. The van der Waals surface area contributed by atoms with Gasteiger partial charge in [-0.25, -0.2) is 0 Å². The Morgan fingerprint density at radius 1 is 1.25 bits per heavy atom. The van der Waals surface area contributed by atoms with Gasteiger partial charge >= 0.3 is 0 Å². The lowest BCUT2D eigenvalue weighted by Gasteiger charge is -2.14. The van der Waals surface area contributed by atoms with Crippen molar-refractivity contribution in [2.45, 2.75) is 20.3 Å². The number of carbonyl (C=O) groups excluding carboxylic acids is 1. The van der Waals surface area contributed by atoms with Crippen molar-refractivity contribution in [1.82, 2.24) is 25.1 Å². The highest BCUT2D eigenvalue weighted by molar-refractivity contribution is 9.10. The predicted molar refractivity (Wildman–Crippen MR) is 133 cm³/mol. The van der Waals surface area contributed by atoms with Crippen LogP contribution in [0, 0.1) is 6.92 Å². The molecule has 0 spiro atoms. The van der Waals surface area contributed by atoms with Crippen molar-refractivity contribution in [1.29, 1.82) is 0 Å². The molecule has 0 aliphatic carbocycles. The molecule has 0 unspecified atom stereocenters. The summed E-state index contributed by atoms with van der Waals surface area (Å²) in [5, 5.41) is 19.8. The smallest absolute Gasteiger partial charge is 0.261 e. The minimum Gasteiger partial charge on any atom is -0.496 e. The molecule has 0 bridgehead atoms. The molecule has 8 nitrogen and oxygen atoms in total. The molecule has 1 amide bonds. The molecule has 0 atom stereocenters. The van der Waals surface area contributed by atoms with Gasteiger partial charge in [-0.1, -0.05) is 34.2 Å². The van der Waals surface area contributed by atoms with E-state index in [1.807, 2.05) is 32.0 Å². The minimum atomic E-state index is -0.360. The maximum atomic E-state index is 12.7. The van der Waals surface area contributed by atoms with Crippen molar-refractivity contribution in [2.24, 2.45) is 0 Å². The molecule has 164 valence electrons. The average Bonchev–Trinajstić information content (AvgIpc) is 3.35. The average molecular weight is 531 g/mol. The number of rotatable bonds is 5. The summed E-state index contributed by atoms with van der Waals surface area (Å²) in [4.78, 5) is 13.4. The fourth-order valence-corrected chi connectivity index (χ4v) is 4.53. The van der Waals surface area contributed by atoms with E-state index in [1.54, 1.807) is 22.7 Å². The third-order valence-electron chi connectivity index (χ3n) is 4.73. The Kier molecular flexibility index (Phi) is 6.49. The van der Waals surface area contributed by atoms with Crippen LogP contribution in [-0.4, -0.2) is 37.9 Å². The summed E-state index contributed by atoms with van der Waals surface area (Å²) in [6.45, 7) is 3.99. The van der Waals surface area contributed by atoms with E-state index in [0.29, 0.717) is 11.3 Å². The van der Waals surface area contributed by atoms with Gasteiger partial charge in [-0.05, 0) is 61.1 Å². The molecule has 4 aromatic rings. The van der Waals surface area contributed by atoms with Crippen molar-refractivity contribution in [3.63, 3.8) is 0 Å². The largest absolute Gasteiger partial charge is 0.496 e. The molecule has 0 aliphatic heterocycles. The first kappa shape index (κ1) is 22.3. The molecular weight excluding hydrogens is 512 g/mol. The lowest BCUT2D eigenvalue weighted by atomic mass is 10.1. The van der Waals surface area contributed by atoms with E-state index in [4.69, 9.17) is 17.0 Å². The van der Waals surface area contributed by atoms with Crippen molar-refractivity contribution in [2.75, 3.05) is 12.4 Å². The van der Waals surface area contributed by atoms with Crippen molar-refractivity contribution < 1.29 is 9.53 Å². The van der Waals surface area contributed by atoms with Crippen LogP contribution < -0.4 is 15.4 Å². The SMILES string of the molecule is CCc1nnc2sc(-c3ccc(NC(=S)NC(=O)c4cc(Br)ccc4OC)c(C)c3)nn12. The van der Waals surface area contributed by atoms with Crippen LogP contribution in [0.4, 0.5) is 5.69 Å². The lowest BCUT2D eigenvalue weighted by molar-refractivity contribution is 0.0974. The van der Waals surface area contributed by atoms with Gasteiger partial charge in [0.25, 0.3) is 5.91 Å². The van der Waals surface area contributed by atoms with Crippen LogP contribution in [0.2, 0.25) is 0 Å². The van der Waals surface area contributed by atoms with Gasteiger partial charge in [-0.3, -0.25) is 10.1 Å².